The van der Waals surface area contributed by atoms with Crippen molar-refractivity contribution in [2.24, 2.45) is 4.99 Å². The molecular weight excluding hydrogens is 350 g/mol. The maximum absolute atomic E-state index is 10.4. The zero-order valence-corrected chi connectivity index (χ0v) is 17.6. The zero-order chi connectivity index (χ0) is 18.3. The van der Waals surface area contributed by atoms with Crippen molar-refractivity contribution in [1.82, 2.24) is 0 Å². The molecule has 0 aliphatic rings. The molecule has 0 heterocycles. The van der Waals surface area contributed by atoms with Gasteiger partial charge in [-0.2, -0.15) is 0 Å². The molecule has 0 saturated carbocycles. The highest BCUT2D eigenvalue weighted by Gasteiger charge is 2.49. The van der Waals surface area contributed by atoms with Gasteiger partial charge in [-0.25, -0.2) is 9.79 Å². The van der Waals surface area contributed by atoms with Gasteiger partial charge in [0.1, 0.15) is 0 Å². The summed E-state index contributed by atoms with van der Waals surface area (Å²) in [5.74, 6) is 0. The van der Waals surface area contributed by atoms with Gasteiger partial charge in [-0.3, -0.25) is 0 Å². The molecule has 0 spiro atoms. The van der Waals surface area contributed by atoms with Crippen molar-refractivity contribution >= 4 is 24.4 Å². The molecule has 0 rings (SSSR count). The Kier molecular flexibility index (Phi) is 14.6. The van der Waals surface area contributed by atoms with E-state index in [4.69, 9.17) is 26.6 Å². The highest BCUT2D eigenvalue weighted by atomic mass is 28.4. The summed E-state index contributed by atoms with van der Waals surface area (Å²) in [6.07, 6.45) is 1.99. The Morgan fingerprint density at radius 3 is 1.79 bits per heavy atom. The summed E-state index contributed by atoms with van der Waals surface area (Å²) >= 11 is 0. The summed E-state index contributed by atoms with van der Waals surface area (Å²) in [4.78, 5) is 14.0. The van der Waals surface area contributed by atoms with Gasteiger partial charge in [0.05, 0.1) is 12.3 Å². The summed E-state index contributed by atoms with van der Waals surface area (Å²) in [5, 5.41) is 0. The van der Waals surface area contributed by atoms with E-state index in [0.29, 0.717) is 39.5 Å². The lowest BCUT2D eigenvalue weighted by Gasteiger charge is -2.33. The summed E-state index contributed by atoms with van der Waals surface area (Å²) < 4.78 is 34.9. The molecule has 0 radical (unpaired) electrons. The molecule has 10 heteroatoms. The first-order valence-corrected chi connectivity index (χ1v) is 11.7. The Balaban J connectivity index is 5.32. The fourth-order valence-corrected chi connectivity index (χ4v) is 6.57. The number of nitrogens with zero attached hydrogens (tertiary/aromatic N) is 1. The fourth-order valence-electron chi connectivity index (χ4n) is 2.02. The molecule has 1 atom stereocenters. The Morgan fingerprint density at radius 1 is 0.917 bits per heavy atom. The molecule has 0 aromatic heterocycles. The van der Waals surface area contributed by atoms with Crippen LogP contribution in [0.25, 0.3) is 0 Å². The Labute approximate surface area is 147 Å². The maximum Gasteiger partial charge on any atom is 0.679 e. The van der Waals surface area contributed by atoms with Crippen molar-refractivity contribution in [3.63, 3.8) is 0 Å². The van der Waals surface area contributed by atoms with Crippen LogP contribution in [0.5, 0.6) is 0 Å². The molecular formula is C14H31NO7Si2. The molecule has 8 nitrogen and oxygen atoms in total. The van der Waals surface area contributed by atoms with Crippen LogP contribution in [0.4, 0.5) is 0 Å². The lowest BCUT2D eigenvalue weighted by Crippen LogP contribution is -2.55. The van der Waals surface area contributed by atoms with Gasteiger partial charge in [0.15, 0.2) is 0 Å². The minimum atomic E-state index is -3.31. The third-order valence-electron chi connectivity index (χ3n) is 2.81. The second-order valence-electron chi connectivity index (χ2n) is 4.50. The number of hydrogen-bond acceptors (Lipinski definition) is 8. The van der Waals surface area contributed by atoms with Gasteiger partial charge >= 0.3 is 18.3 Å². The predicted octanol–water partition coefficient (Wildman–Crippen LogP) is 1.48. The van der Waals surface area contributed by atoms with E-state index in [0.717, 1.165) is 0 Å². The van der Waals surface area contributed by atoms with Crippen molar-refractivity contribution in [3.8, 4) is 0 Å². The predicted molar refractivity (Wildman–Crippen MR) is 93.5 cm³/mol. The van der Waals surface area contributed by atoms with Gasteiger partial charge in [0, 0.05) is 33.0 Å². The molecule has 0 aromatic rings. The normalized spacial score (nSPS) is 13.1. The zero-order valence-electron chi connectivity index (χ0n) is 15.4. The SMILES string of the molecule is CCO[SiH](OCC)C(CCN=C=O)O[Si](OCC)(OCC)OCC. The molecule has 1 unspecified atom stereocenters. The van der Waals surface area contributed by atoms with Crippen LogP contribution < -0.4 is 0 Å². The quantitative estimate of drug-likeness (QED) is 0.227. The van der Waals surface area contributed by atoms with Crippen molar-refractivity contribution < 1.29 is 31.4 Å². The van der Waals surface area contributed by atoms with Crippen molar-refractivity contribution in [2.45, 2.75) is 46.8 Å². The number of isocyanates is 1. The van der Waals surface area contributed by atoms with Crippen LogP contribution in [0.3, 0.4) is 0 Å². The van der Waals surface area contributed by atoms with E-state index in [2.05, 4.69) is 4.99 Å². The van der Waals surface area contributed by atoms with E-state index >= 15 is 0 Å². The maximum atomic E-state index is 10.4. The molecule has 142 valence electrons. The molecule has 0 saturated heterocycles. The van der Waals surface area contributed by atoms with E-state index in [9.17, 15) is 4.79 Å². The lowest BCUT2D eigenvalue weighted by atomic mass is 10.5. The smallest absolute Gasteiger partial charge is 0.395 e. The van der Waals surface area contributed by atoms with E-state index in [-0.39, 0.29) is 6.54 Å². The molecule has 0 aliphatic heterocycles. The molecule has 0 aliphatic carbocycles. The standard InChI is InChI=1S/C14H31NO7Si2/c1-6-17-23(18-7-2)14(11-12-15-13-16)22-24(19-8-3,20-9-4)21-10-5/h14,23H,6-12H2,1-5H3. The van der Waals surface area contributed by atoms with Gasteiger partial charge in [-0.15, -0.1) is 0 Å². The first-order chi connectivity index (χ1) is 11.6. The average molecular weight is 382 g/mol. The lowest BCUT2D eigenvalue weighted by molar-refractivity contribution is -0.0440. The average Bonchev–Trinajstić information content (AvgIpc) is 2.55. The van der Waals surface area contributed by atoms with Crippen LogP contribution in [0.2, 0.25) is 0 Å². The third kappa shape index (κ3) is 9.16. The largest absolute Gasteiger partial charge is 0.679 e. The molecule has 0 N–H and O–H groups in total. The minimum absolute atomic E-state index is 0.271. The number of carbonyl (C=O) groups excluding carboxylic acids is 1. The summed E-state index contributed by atoms with van der Waals surface area (Å²) in [5.41, 5.74) is -0.404. The molecule has 0 aromatic carbocycles. The van der Waals surface area contributed by atoms with E-state index in [1.165, 1.54) is 6.08 Å². The van der Waals surface area contributed by atoms with Crippen molar-refractivity contribution in [3.05, 3.63) is 0 Å². The van der Waals surface area contributed by atoms with Gasteiger partial charge in [-0.05, 0) is 41.0 Å². The van der Waals surface area contributed by atoms with E-state index < -0.39 is 24.1 Å². The topological polar surface area (TPSA) is 84.8 Å². The highest BCUT2D eigenvalue weighted by molar-refractivity contribution is 6.55. The second-order valence-corrected chi connectivity index (χ2v) is 8.74. The highest BCUT2D eigenvalue weighted by Crippen LogP contribution is 2.19. The minimum Gasteiger partial charge on any atom is -0.395 e. The van der Waals surface area contributed by atoms with Crippen LogP contribution in [-0.2, 0) is 31.4 Å². The summed E-state index contributed by atoms with van der Waals surface area (Å²) in [6.45, 7) is 11.9. The first-order valence-electron chi connectivity index (χ1n) is 8.49. The second kappa shape index (κ2) is 14.9. The van der Waals surface area contributed by atoms with Crippen LogP contribution >= 0.6 is 0 Å². The first kappa shape index (κ1) is 23.6. The van der Waals surface area contributed by atoms with Crippen LogP contribution in [-0.4, -0.2) is 69.7 Å². The van der Waals surface area contributed by atoms with Crippen LogP contribution in [0.15, 0.2) is 4.99 Å². The third-order valence-corrected chi connectivity index (χ3v) is 8.00. The van der Waals surface area contributed by atoms with Crippen molar-refractivity contribution in [1.29, 1.82) is 0 Å². The van der Waals surface area contributed by atoms with Crippen LogP contribution in [0.1, 0.15) is 41.0 Å². The molecule has 0 bridgehead atoms. The fraction of sp³-hybridized carbons (Fsp3) is 0.929. The number of rotatable bonds is 16. The Morgan fingerprint density at radius 2 is 1.42 bits per heavy atom. The molecule has 0 fully saturated rings. The van der Waals surface area contributed by atoms with E-state index in [1.54, 1.807) is 0 Å². The number of aliphatic imine (C=N–C) groups is 1. The van der Waals surface area contributed by atoms with Crippen molar-refractivity contribution in [2.75, 3.05) is 39.6 Å². The number of hydrogen-bond donors (Lipinski definition) is 0. The summed E-state index contributed by atoms with van der Waals surface area (Å²) in [6, 6.07) is 0. The van der Waals surface area contributed by atoms with Gasteiger partial charge < -0.3 is 26.6 Å². The summed E-state index contributed by atoms with van der Waals surface area (Å²) in [7, 11) is -5.49. The van der Waals surface area contributed by atoms with Gasteiger partial charge in [-0.1, -0.05) is 0 Å². The van der Waals surface area contributed by atoms with Gasteiger partial charge in [0.2, 0.25) is 6.08 Å². The molecule has 24 heavy (non-hydrogen) atoms. The Hall–Kier alpha value is -0.426. The van der Waals surface area contributed by atoms with Gasteiger partial charge in [0.25, 0.3) is 0 Å². The van der Waals surface area contributed by atoms with Crippen LogP contribution in [0, 0.1) is 0 Å². The molecule has 0 amide bonds. The Bertz CT molecular complexity index is 333. The van der Waals surface area contributed by atoms with E-state index in [1.807, 2.05) is 34.6 Å². The monoisotopic (exact) mass is 381 g/mol.